The van der Waals surface area contributed by atoms with E-state index >= 15 is 0 Å². The summed E-state index contributed by atoms with van der Waals surface area (Å²) < 4.78 is 0. The van der Waals surface area contributed by atoms with Gasteiger partial charge in [0.25, 0.3) is 5.91 Å². The molecule has 0 atom stereocenters. The van der Waals surface area contributed by atoms with Crippen LogP contribution in [0.5, 0.6) is 0 Å². The Morgan fingerprint density at radius 2 is 1.92 bits per heavy atom. The summed E-state index contributed by atoms with van der Waals surface area (Å²) >= 11 is 6.27. The lowest BCUT2D eigenvalue weighted by Crippen LogP contribution is -2.17. The van der Waals surface area contributed by atoms with Crippen LogP contribution in [0, 0.1) is 13.8 Å². The summed E-state index contributed by atoms with van der Waals surface area (Å²) in [7, 11) is 0. The van der Waals surface area contributed by atoms with Crippen molar-refractivity contribution in [2.24, 2.45) is 0 Å². The van der Waals surface area contributed by atoms with Crippen LogP contribution in [0.25, 0.3) is 0 Å². The molecule has 1 aliphatic rings. The van der Waals surface area contributed by atoms with Crippen LogP contribution in [0.4, 0.5) is 11.4 Å². The van der Waals surface area contributed by atoms with Crippen LogP contribution in [-0.2, 0) is 0 Å². The normalized spacial score (nSPS) is 14.6. The molecule has 0 radical (unpaired) electrons. The molecule has 0 aliphatic heterocycles. The van der Waals surface area contributed by atoms with Gasteiger partial charge in [-0.1, -0.05) is 30.5 Å². The molecule has 0 bridgehead atoms. The van der Waals surface area contributed by atoms with E-state index < -0.39 is 0 Å². The Labute approximate surface area is 147 Å². The Kier molecular flexibility index (Phi) is 5.05. The van der Waals surface area contributed by atoms with Crippen molar-refractivity contribution in [2.45, 2.75) is 45.6 Å². The third-order valence-electron chi connectivity index (χ3n) is 4.40. The number of nitrogens with zero attached hydrogens (tertiary/aromatic N) is 1. The van der Waals surface area contributed by atoms with E-state index in [0.717, 1.165) is 16.8 Å². The van der Waals surface area contributed by atoms with Gasteiger partial charge >= 0.3 is 0 Å². The van der Waals surface area contributed by atoms with Crippen LogP contribution in [0.3, 0.4) is 0 Å². The van der Waals surface area contributed by atoms with Crippen LogP contribution < -0.4 is 10.6 Å². The van der Waals surface area contributed by atoms with Gasteiger partial charge in [0, 0.05) is 18.4 Å². The van der Waals surface area contributed by atoms with Gasteiger partial charge in [0.15, 0.2) is 0 Å². The summed E-state index contributed by atoms with van der Waals surface area (Å²) in [6.07, 6.45) is 8.21. The number of amides is 1. The summed E-state index contributed by atoms with van der Waals surface area (Å²) in [6.45, 7) is 3.91. The average molecular weight is 344 g/mol. The van der Waals surface area contributed by atoms with Crippen molar-refractivity contribution in [1.29, 1.82) is 0 Å². The number of halogens is 1. The molecule has 1 fully saturated rings. The molecule has 0 unspecified atom stereocenters. The highest BCUT2D eigenvalue weighted by Gasteiger charge is 2.16. The van der Waals surface area contributed by atoms with Crippen molar-refractivity contribution >= 4 is 28.9 Å². The van der Waals surface area contributed by atoms with Gasteiger partial charge in [-0.15, -0.1) is 0 Å². The molecule has 1 aromatic carbocycles. The maximum Gasteiger partial charge on any atom is 0.257 e. The third kappa shape index (κ3) is 3.88. The van der Waals surface area contributed by atoms with E-state index in [9.17, 15) is 4.79 Å². The van der Waals surface area contributed by atoms with Crippen molar-refractivity contribution in [3.63, 3.8) is 0 Å². The monoisotopic (exact) mass is 343 g/mol. The van der Waals surface area contributed by atoms with E-state index in [2.05, 4.69) is 15.6 Å². The van der Waals surface area contributed by atoms with Gasteiger partial charge in [0.2, 0.25) is 0 Å². The Morgan fingerprint density at radius 1 is 1.17 bits per heavy atom. The van der Waals surface area contributed by atoms with Gasteiger partial charge in [-0.2, -0.15) is 0 Å². The van der Waals surface area contributed by atoms with Crippen LogP contribution in [0.15, 0.2) is 30.6 Å². The van der Waals surface area contributed by atoms with Gasteiger partial charge in [0.05, 0.1) is 22.0 Å². The smallest absolute Gasteiger partial charge is 0.257 e. The lowest BCUT2D eigenvalue weighted by Gasteiger charge is -2.14. The summed E-state index contributed by atoms with van der Waals surface area (Å²) in [5.41, 5.74) is 4.08. The van der Waals surface area contributed by atoms with E-state index in [-0.39, 0.29) is 5.91 Å². The molecule has 1 amide bonds. The SMILES string of the molecule is Cc1cc(C)c(NC(=O)c2cncc(NC3CCCC3)c2)c(Cl)c1. The van der Waals surface area contributed by atoms with Gasteiger partial charge in [-0.25, -0.2) is 0 Å². The highest BCUT2D eigenvalue weighted by molar-refractivity contribution is 6.34. The fourth-order valence-electron chi connectivity index (χ4n) is 3.21. The molecule has 4 nitrogen and oxygen atoms in total. The second-order valence-corrected chi connectivity index (χ2v) is 6.89. The van der Waals surface area contributed by atoms with Crippen molar-refractivity contribution in [1.82, 2.24) is 4.98 Å². The lowest BCUT2D eigenvalue weighted by molar-refractivity contribution is 0.102. The second-order valence-electron chi connectivity index (χ2n) is 6.48. The van der Waals surface area contributed by atoms with Crippen molar-refractivity contribution in [3.05, 3.63) is 52.3 Å². The summed E-state index contributed by atoms with van der Waals surface area (Å²) in [6, 6.07) is 6.18. The van der Waals surface area contributed by atoms with Gasteiger partial charge in [-0.3, -0.25) is 9.78 Å². The number of pyridine rings is 1. The summed E-state index contributed by atoms with van der Waals surface area (Å²) in [5, 5.41) is 6.92. The average Bonchev–Trinajstić information content (AvgIpc) is 3.04. The first-order valence-corrected chi connectivity index (χ1v) is 8.70. The van der Waals surface area contributed by atoms with Gasteiger partial charge in [-0.05, 0) is 49.9 Å². The number of carbonyl (C=O) groups excluding carboxylic acids is 1. The predicted molar refractivity (Wildman–Crippen MR) is 99.0 cm³/mol. The number of rotatable bonds is 4. The van der Waals surface area contributed by atoms with E-state index in [1.54, 1.807) is 12.4 Å². The zero-order valence-corrected chi connectivity index (χ0v) is 14.8. The zero-order chi connectivity index (χ0) is 17.1. The zero-order valence-electron chi connectivity index (χ0n) is 14.0. The van der Waals surface area contributed by atoms with Gasteiger partial charge in [0.1, 0.15) is 0 Å². The first kappa shape index (κ1) is 16.8. The third-order valence-corrected chi connectivity index (χ3v) is 4.69. The highest BCUT2D eigenvalue weighted by atomic mass is 35.5. The molecule has 2 aromatic rings. The standard InChI is InChI=1S/C19H22ClN3O/c1-12-7-13(2)18(17(20)8-12)23-19(24)14-9-16(11-21-10-14)22-15-5-3-4-6-15/h7-11,15,22H,3-6H2,1-2H3,(H,23,24). The molecule has 1 heterocycles. The maximum absolute atomic E-state index is 12.6. The molecule has 5 heteroatoms. The summed E-state index contributed by atoms with van der Waals surface area (Å²) in [4.78, 5) is 16.7. The molecule has 1 saturated carbocycles. The molecule has 0 saturated heterocycles. The molecular formula is C19H22ClN3O. The quantitative estimate of drug-likeness (QED) is 0.825. The van der Waals surface area contributed by atoms with Crippen LogP contribution in [0.1, 0.15) is 47.2 Å². The van der Waals surface area contributed by atoms with Crippen LogP contribution in [-0.4, -0.2) is 16.9 Å². The Balaban J connectivity index is 1.75. The van der Waals surface area contributed by atoms with Crippen molar-refractivity contribution < 1.29 is 4.79 Å². The Morgan fingerprint density at radius 3 is 2.62 bits per heavy atom. The molecule has 1 aliphatic carbocycles. The fourth-order valence-corrected chi connectivity index (χ4v) is 3.58. The summed E-state index contributed by atoms with van der Waals surface area (Å²) in [5.74, 6) is -0.202. The van der Waals surface area contributed by atoms with Crippen molar-refractivity contribution in [2.75, 3.05) is 10.6 Å². The number of benzene rings is 1. The molecule has 2 N–H and O–H groups in total. The van der Waals surface area contributed by atoms with E-state index in [0.29, 0.717) is 22.3 Å². The largest absolute Gasteiger partial charge is 0.381 e. The number of hydrogen-bond donors (Lipinski definition) is 2. The topological polar surface area (TPSA) is 54.0 Å². The number of hydrogen-bond acceptors (Lipinski definition) is 3. The number of aryl methyl sites for hydroxylation is 2. The maximum atomic E-state index is 12.6. The first-order valence-electron chi connectivity index (χ1n) is 8.32. The van der Waals surface area contributed by atoms with Gasteiger partial charge < -0.3 is 10.6 Å². The second kappa shape index (κ2) is 7.22. The number of aromatic nitrogens is 1. The van der Waals surface area contributed by atoms with Crippen molar-refractivity contribution in [3.8, 4) is 0 Å². The molecule has 126 valence electrons. The number of nitrogens with one attached hydrogen (secondary N) is 2. The molecule has 1 aromatic heterocycles. The van der Waals surface area contributed by atoms with E-state index in [1.807, 2.05) is 32.0 Å². The van der Waals surface area contributed by atoms with E-state index in [4.69, 9.17) is 11.6 Å². The van der Waals surface area contributed by atoms with Crippen LogP contribution in [0.2, 0.25) is 5.02 Å². The molecule has 0 spiro atoms. The number of anilines is 2. The minimum Gasteiger partial charge on any atom is -0.381 e. The molecule has 24 heavy (non-hydrogen) atoms. The first-order chi connectivity index (χ1) is 11.5. The van der Waals surface area contributed by atoms with E-state index in [1.165, 1.54) is 25.7 Å². The Bertz CT molecular complexity index is 731. The minimum absolute atomic E-state index is 0.202. The molecular weight excluding hydrogens is 322 g/mol. The fraction of sp³-hybridized carbons (Fsp3) is 0.368. The Hall–Kier alpha value is -2.07. The predicted octanol–water partition coefficient (Wildman–Crippen LogP) is 4.96. The van der Waals surface area contributed by atoms with Crippen LogP contribution >= 0.6 is 11.6 Å². The number of carbonyl (C=O) groups is 1. The lowest BCUT2D eigenvalue weighted by atomic mass is 10.1. The minimum atomic E-state index is -0.202. The highest BCUT2D eigenvalue weighted by Crippen LogP contribution is 2.28. The molecule has 3 rings (SSSR count).